The van der Waals surface area contributed by atoms with E-state index in [0.717, 1.165) is 5.56 Å². The van der Waals surface area contributed by atoms with Crippen molar-refractivity contribution in [1.82, 2.24) is 10.4 Å². The summed E-state index contributed by atoms with van der Waals surface area (Å²) in [5.41, 5.74) is 1.73. The van der Waals surface area contributed by atoms with Crippen molar-refractivity contribution in [3.8, 4) is 0 Å². The Kier molecular flexibility index (Phi) is 2.17. The molecule has 3 amide bonds. The summed E-state index contributed by atoms with van der Waals surface area (Å²) in [6, 6.07) is 5.62. The van der Waals surface area contributed by atoms with E-state index in [2.05, 4.69) is 5.32 Å². The molecule has 0 spiro atoms. The topological polar surface area (TPSA) is 69.6 Å². The highest BCUT2D eigenvalue weighted by Crippen LogP contribution is 2.20. The first kappa shape index (κ1) is 9.67. The molecule has 0 unspecified atom stereocenters. The van der Waals surface area contributed by atoms with Crippen molar-refractivity contribution in [2.75, 3.05) is 0 Å². The second-order valence-corrected chi connectivity index (χ2v) is 3.44. The van der Waals surface area contributed by atoms with Crippen LogP contribution in [-0.2, 0) is 4.79 Å². The van der Waals surface area contributed by atoms with Gasteiger partial charge in [-0.15, -0.1) is 5.06 Å². The molecule has 2 rings (SSSR count). The van der Waals surface area contributed by atoms with Gasteiger partial charge in [-0.05, 0) is 12.5 Å². The molecule has 0 radical (unpaired) electrons. The Morgan fingerprint density at radius 1 is 1.27 bits per heavy atom. The molecule has 0 bridgehead atoms. The Balaban J connectivity index is 2.29. The van der Waals surface area contributed by atoms with Gasteiger partial charge in [0.1, 0.15) is 6.04 Å². The van der Waals surface area contributed by atoms with Gasteiger partial charge in [-0.1, -0.05) is 29.8 Å². The number of hydroxylamine groups is 2. The number of urea groups is 1. The van der Waals surface area contributed by atoms with Gasteiger partial charge in [0.25, 0.3) is 5.91 Å². The lowest BCUT2D eigenvalue weighted by Gasteiger charge is -2.07. The van der Waals surface area contributed by atoms with Crippen molar-refractivity contribution < 1.29 is 14.8 Å². The van der Waals surface area contributed by atoms with E-state index in [9.17, 15) is 9.59 Å². The smallest absolute Gasteiger partial charge is 0.320 e. The van der Waals surface area contributed by atoms with E-state index < -0.39 is 18.0 Å². The number of amides is 3. The molecule has 2 N–H and O–H groups in total. The average Bonchev–Trinajstić information content (AvgIpc) is 2.47. The molecule has 1 saturated heterocycles. The Labute approximate surface area is 86.3 Å². The normalized spacial score (nSPS) is 20.7. The van der Waals surface area contributed by atoms with Crippen molar-refractivity contribution >= 4 is 11.9 Å². The van der Waals surface area contributed by atoms with Crippen LogP contribution in [0.5, 0.6) is 0 Å². The monoisotopic (exact) mass is 206 g/mol. The number of carbonyl (C=O) groups excluding carboxylic acids is 2. The minimum absolute atomic E-state index is 0.102. The lowest BCUT2D eigenvalue weighted by Crippen LogP contribution is -2.26. The van der Waals surface area contributed by atoms with Crippen LogP contribution >= 0.6 is 0 Å². The first-order chi connectivity index (χ1) is 7.09. The van der Waals surface area contributed by atoms with E-state index in [1.165, 1.54) is 0 Å². The van der Waals surface area contributed by atoms with E-state index in [0.29, 0.717) is 5.56 Å². The quantitative estimate of drug-likeness (QED) is 0.531. The van der Waals surface area contributed by atoms with Gasteiger partial charge in [-0.3, -0.25) is 10.0 Å². The third-order valence-corrected chi connectivity index (χ3v) is 2.33. The van der Waals surface area contributed by atoms with Crippen LogP contribution in [0, 0.1) is 6.92 Å². The van der Waals surface area contributed by atoms with Gasteiger partial charge in [0.05, 0.1) is 0 Å². The molecule has 15 heavy (non-hydrogen) atoms. The lowest BCUT2D eigenvalue weighted by molar-refractivity contribution is -0.149. The summed E-state index contributed by atoms with van der Waals surface area (Å²) in [4.78, 5) is 22.4. The largest absolute Gasteiger partial charge is 0.349 e. The highest BCUT2D eigenvalue weighted by Gasteiger charge is 2.38. The van der Waals surface area contributed by atoms with Gasteiger partial charge in [-0.2, -0.15) is 0 Å². The Bertz CT molecular complexity index is 413. The number of benzene rings is 1. The predicted octanol–water partition coefficient (Wildman–Crippen LogP) is 0.977. The van der Waals surface area contributed by atoms with Gasteiger partial charge >= 0.3 is 6.03 Å². The molecular formula is C10H10N2O3. The maximum Gasteiger partial charge on any atom is 0.349 e. The van der Waals surface area contributed by atoms with E-state index in [4.69, 9.17) is 5.21 Å². The van der Waals surface area contributed by atoms with Crippen LogP contribution < -0.4 is 5.32 Å². The Hall–Kier alpha value is -1.88. The van der Waals surface area contributed by atoms with Gasteiger partial charge in [0, 0.05) is 0 Å². The molecule has 5 heteroatoms. The lowest BCUT2D eigenvalue weighted by atomic mass is 10.1. The van der Waals surface area contributed by atoms with Gasteiger partial charge in [-0.25, -0.2) is 4.79 Å². The second-order valence-electron chi connectivity index (χ2n) is 3.44. The molecule has 0 saturated carbocycles. The van der Waals surface area contributed by atoms with Gasteiger partial charge < -0.3 is 5.32 Å². The maximum atomic E-state index is 11.4. The molecule has 1 atom stereocenters. The first-order valence-electron chi connectivity index (χ1n) is 4.49. The summed E-state index contributed by atoms with van der Waals surface area (Å²) in [6.07, 6.45) is 0. The molecule has 1 fully saturated rings. The predicted molar refractivity (Wildman–Crippen MR) is 51.1 cm³/mol. The van der Waals surface area contributed by atoms with E-state index >= 15 is 0 Å². The van der Waals surface area contributed by atoms with Crippen LogP contribution in [0.4, 0.5) is 4.79 Å². The van der Waals surface area contributed by atoms with E-state index in [1.54, 1.807) is 12.1 Å². The Morgan fingerprint density at radius 3 is 2.33 bits per heavy atom. The average molecular weight is 206 g/mol. The summed E-state index contributed by atoms with van der Waals surface area (Å²) >= 11 is 0. The number of rotatable bonds is 1. The third-order valence-electron chi connectivity index (χ3n) is 2.33. The first-order valence-corrected chi connectivity index (χ1v) is 4.49. The molecule has 0 aliphatic carbocycles. The molecule has 5 nitrogen and oxygen atoms in total. The van der Waals surface area contributed by atoms with Crippen molar-refractivity contribution in [2.24, 2.45) is 0 Å². The summed E-state index contributed by atoms with van der Waals surface area (Å²) in [5.74, 6) is -0.649. The zero-order chi connectivity index (χ0) is 11.0. The van der Waals surface area contributed by atoms with Crippen LogP contribution in [0.2, 0.25) is 0 Å². The van der Waals surface area contributed by atoms with E-state index in [1.807, 2.05) is 19.1 Å². The van der Waals surface area contributed by atoms with Crippen molar-refractivity contribution in [1.29, 1.82) is 0 Å². The molecular weight excluding hydrogens is 196 g/mol. The minimum Gasteiger partial charge on any atom is -0.320 e. The van der Waals surface area contributed by atoms with Crippen LogP contribution in [0.15, 0.2) is 24.3 Å². The van der Waals surface area contributed by atoms with Crippen LogP contribution in [0.25, 0.3) is 0 Å². The number of hydrogen-bond donors (Lipinski definition) is 2. The SMILES string of the molecule is Cc1ccc([C@@H]2NC(=O)N(O)C2=O)cc1. The fourth-order valence-corrected chi connectivity index (χ4v) is 1.45. The molecule has 0 aromatic heterocycles. The van der Waals surface area contributed by atoms with E-state index in [-0.39, 0.29) is 5.06 Å². The van der Waals surface area contributed by atoms with Crippen LogP contribution in [0.3, 0.4) is 0 Å². The highest BCUT2D eigenvalue weighted by molar-refractivity contribution is 6.03. The number of aryl methyl sites for hydroxylation is 1. The highest BCUT2D eigenvalue weighted by atomic mass is 16.5. The summed E-state index contributed by atoms with van der Waals surface area (Å²) in [5, 5.41) is 11.5. The van der Waals surface area contributed by atoms with Gasteiger partial charge in [0.15, 0.2) is 0 Å². The van der Waals surface area contributed by atoms with Crippen molar-refractivity contribution in [3.63, 3.8) is 0 Å². The summed E-state index contributed by atoms with van der Waals surface area (Å²) < 4.78 is 0. The molecule has 1 aromatic carbocycles. The molecule has 1 aliphatic heterocycles. The number of hydrogen-bond acceptors (Lipinski definition) is 3. The van der Waals surface area contributed by atoms with Crippen LogP contribution in [0.1, 0.15) is 17.2 Å². The molecule has 78 valence electrons. The number of nitrogens with zero attached hydrogens (tertiary/aromatic N) is 1. The zero-order valence-electron chi connectivity index (χ0n) is 8.10. The fraction of sp³-hybridized carbons (Fsp3) is 0.200. The zero-order valence-corrected chi connectivity index (χ0v) is 8.10. The summed E-state index contributed by atoms with van der Waals surface area (Å²) in [7, 11) is 0. The van der Waals surface area contributed by atoms with Crippen molar-refractivity contribution in [2.45, 2.75) is 13.0 Å². The summed E-state index contributed by atoms with van der Waals surface area (Å²) in [6.45, 7) is 1.93. The Morgan fingerprint density at radius 2 is 1.87 bits per heavy atom. The fourth-order valence-electron chi connectivity index (χ4n) is 1.45. The number of imide groups is 1. The maximum absolute atomic E-state index is 11.4. The molecule has 1 aromatic rings. The van der Waals surface area contributed by atoms with Gasteiger partial charge in [0.2, 0.25) is 0 Å². The minimum atomic E-state index is -0.787. The number of carbonyl (C=O) groups is 2. The molecule has 1 heterocycles. The molecule has 1 aliphatic rings. The van der Waals surface area contributed by atoms with Crippen LogP contribution in [-0.4, -0.2) is 22.2 Å². The number of nitrogens with one attached hydrogen (secondary N) is 1. The van der Waals surface area contributed by atoms with Crippen molar-refractivity contribution in [3.05, 3.63) is 35.4 Å². The standard InChI is InChI=1S/C10H10N2O3/c1-6-2-4-7(5-3-6)8-9(13)12(15)10(14)11-8/h2-5,8,15H,1H3,(H,11,14)/t8-/m0/s1. The third kappa shape index (κ3) is 1.57. The second kappa shape index (κ2) is 3.36.